The molecule has 0 heterocycles. The summed E-state index contributed by atoms with van der Waals surface area (Å²) in [6.45, 7) is -0.191. The number of benzene rings is 2. The number of non-ortho nitro benzene ring substituents is 1. The van der Waals surface area contributed by atoms with Crippen LogP contribution in [0.3, 0.4) is 0 Å². The highest BCUT2D eigenvalue weighted by atomic mass is 16.6. The molecule has 0 aliphatic rings. The molecule has 7 nitrogen and oxygen atoms in total. The molecule has 0 atom stereocenters. The highest BCUT2D eigenvalue weighted by Crippen LogP contribution is 2.12. The Morgan fingerprint density at radius 3 is 1.78 bits per heavy atom. The van der Waals surface area contributed by atoms with Gasteiger partial charge in [0.25, 0.3) is 5.69 Å². The normalized spacial score (nSPS) is 9.91. The van der Waals surface area contributed by atoms with Crippen LogP contribution in [0.15, 0.2) is 54.6 Å². The Kier molecular flexibility index (Phi) is 5.40. The van der Waals surface area contributed by atoms with E-state index in [1.807, 2.05) is 6.07 Å². The number of nitro benzene ring substituents is 1. The van der Waals surface area contributed by atoms with Crippen LogP contribution in [0, 0.1) is 10.1 Å². The molecule has 2 aromatic carbocycles. The average molecular weight is 315 g/mol. The molecule has 0 aromatic heterocycles. The van der Waals surface area contributed by atoms with Gasteiger partial charge in [0.05, 0.1) is 4.92 Å². The second kappa shape index (κ2) is 7.69. The van der Waals surface area contributed by atoms with Gasteiger partial charge >= 0.3 is 11.9 Å². The van der Waals surface area contributed by atoms with E-state index in [9.17, 15) is 19.7 Å². The van der Waals surface area contributed by atoms with E-state index < -0.39 is 16.9 Å². The molecule has 0 saturated carbocycles. The SMILES string of the molecule is O=C(OCc1ccccc1)C(=O)OCc1ccc([N+](=O)[O-])cc1. The Hall–Kier alpha value is -3.22. The number of hydrogen-bond acceptors (Lipinski definition) is 6. The fraction of sp³-hybridized carbons (Fsp3) is 0.125. The molecule has 0 unspecified atom stereocenters. The summed E-state index contributed by atoms with van der Waals surface area (Å²) >= 11 is 0. The summed E-state index contributed by atoms with van der Waals surface area (Å²) in [5.41, 5.74) is 1.21. The van der Waals surface area contributed by atoms with E-state index in [1.54, 1.807) is 24.3 Å². The van der Waals surface area contributed by atoms with Gasteiger partial charge in [-0.3, -0.25) is 10.1 Å². The summed E-state index contributed by atoms with van der Waals surface area (Å²) in [6, 6.07) is 14.4. The lowest BCUT2D eigenvalue weighted by atomic mass is 10.2. The highest BCUT2D eigenvalue weighted by Gasteiger charge is 2.17. The molecule has 23 heavy (non-hydrogen) atoms. The Bertz CT molecular complexity index is 696. The zero-order valence-electron chi connectivity index (χ0n) is 12.0. The molecular weight excluding hydrogens is 302 g/mol. The second-order valence-corrected chi connectivity index (χ2v) is 4.56. The number of hydrogen-bond donors (Lipinski definition) is 0. The van der Waals surface area contributed by atoms with Gasteiger partial charge in [-0.1, -0.05) is 30.3 Å². The first kappa shape index (κ1) is 16.2. The zero-order chi connectivity index (χ0) is 16.7. The van der Waals surface area contributed by atoms with Gasteiger partial charge in [0.1, 0.15) is 13.2 Å². The van der Waals surface area contributed by atoms with Crippen LogP contribution in [-0.4, -0.2) is 16.9 Å². The van der Waals surface area contributed by atoms with Crippen molar-refractivity contribution in [3.8, 4) is 0 Å². The van der Waals surface area contributed by atoms with Gasteiger partial charge in [-0.05, 0) is 23.3 Å². The van der Waals surface area contributed by atoms with E-state index in [1.165, 1.54) is 24.3 Å². The van der Waals surface area contributed by atoms with E-state index in [0.717, 1.165) is 5.56 Å². The number of rotatable bonds is 5. The van der Waals surface area contributed by atoms with Crippen LogP contribution in [0.2, 0.25) is 0 Å². The Labute approximate surface area is 131 Å². The average Bonchev–Trinajstić information content (AvgIpc) is 2.58. The van der Waals surface area contributed by atoms with Gasteiger partial charge < -0.3 is 9.47 Å². The van der Waals surface area contributed by atoms with Crippen molar-refractivity contribution in [1.29, 1.82) is 0 Å². The molecule has 7 heteroatoms. The monoisotopic (exact) mass is 315 g/mol. The van der Waals surface area contributed by atoms with E-state index in [0.29, 0.717) is 5.56 Å². The van der Waals surface area contributed by atoms with Crippen LogP contribution in [0.1, 0.15) is 11.1 Å². The Balaban J connectivity index is 1.79. The van der Waals surface area contributed by atoms with Crippen molar-refractivity contribution in [1.82, 2.24) is 0 Å². The van der Waals surface area contributed by atoms with Gasteiger partial charge in [-0.15, -0.1) is 0 Å². The van der Waals surface area contributed by atoms with Gasteiger partial charge in [-0.2, -0.15) is 0 Å². The summed E-state index contributed by atoms with van der Waals surface area (Å²) in [6.07, 6.45) is 0. The maximum absolute atomic E-state index is 11.5. The van der Waals surface area contributed by atoms with Crippen molar-refractivity contribution in [2.75, 3.05) is 0 Å². The minimum atomic E-state index is -1.11. The summed E-state index contributed by atoms with van der Waals surface area (Å²) in [4.78, 5) is 33.0. The first-order valence-electron chi connectivity index (χ1n) is 6.67. The van der Waals surface area contributed by atoms with E-state index in [4.69, 9.17) is 9.47 Å². The first-order chi connectivity index (χ1) is 11.1. The molecule has 0 amide bonds. The molecule has 0 spiro atoms. The summed E-state index contributed by atoms with van der Waals surface area (Å²) in [5, 5.41) is 10.5. The molecule has 0 aliphatic heterocycles. The molecule has 118 valence electrons. The second-order valence-electron chi connectivity index (χ2n) is 4.56. The third-order valence-electron chi connectivity index (χ3n) is 2.90. The van der Waals surface area contributed by atoms with Gasteiger partial charge in [0, 0.05) is 12.1 Å². The van der Waals surface area contributed by atoms with Crippen LogP contribution in [0.4, 0.5) is 5.69 Å². The number of nitro groups is 1. The highest BCUT2D eigenvalue weighted by molar-refractivity contribution is 6.29. The van der Waals surface area contributed by atoms with Crippen LogP contribution in [0.25, 0.3) is 0 Å². The first-order valence-corrected chi connectivity index (χ1v) is 6.67. The van der Waals surface area contributed by atoms with Crippen molar-refractivity contribution < 1.29 is 24.0 Å². The predicted molar refractivity (Wildman–Crippen MR) is 79.1 cm³/mol. The zero-order valence-corrected chi connectivity index (χ0v) is 12.0. The lowest BCUT2D eigenvalue weighted by Crippen LogP contribution is -2.20. The maximum Gasteiger partial charge on any atom is 0.417 e. The van der Waals surface area contributed by atoms with Gasteiger partial charge in [0.2, 0.25) is 0 Å². The molecule has 0 radical (unpaired) electrons. The van der Waals surface area contributed by atoms with E-state index in [2.05, 4.69) is 0 Å². The number of nitrogens with zero attached hydrogens (tertiary/aromatic N) is 1. The molecule has 2 aromatic rings. The van der Waals surface area contributed by atoms with Crippen molar-refractivity contribution in [3.63, 3.8) is 0 Å². The van der Waals surface area contributed by atoms with Crippen LogP contribution < -0.4 is 0 Å². The third kappa shape index (κ3) is 4.92. The lowest BCUT2D eigenvalue weighted by molar-refractivity contribution is -0.384. The van der Waals surface area contributed by atoms with Gasteiger partial charge in [0.15, 0.2) is 0 Å². The predicted octanol–water partition coefficient (Wildman–Crippen LogP) is 2.38. The van der Waals surface area contributed by atoms with Crippen LogP contribution in [-0.2, 0) is 32.3 Å². The maximum atomic E-state index is 11.5. The fourth-order valence-corrected chi connectivity index (χ4v) is 1.70. The number of carbonyl (C=O) groups is 2. The van der Waals surface area contributed by atoms with E-state index >= 15 is 0 Å². The topological polar surface area (TPSA) is 95.7 Å². The molecule has 0 fully saturated rings. The fourth-order valence-electron chi connectivity index (χ4n) is 1.70. The van der Waals surface area contributed by atoms with Crippen molar-refractivity contribution in [3.05, 3.63) is 75.8 Å². The van der Waals surface area contributed by atoms with Crippen LogP contribution >= 0.6 is 0 Å². The minimum absolute atomic E-state index is 0.0215. The standard InChI is InChI=1S/C16H13NO6/c18-15(22-10-12-4-2-1-3-5-12)16(19)23-11-13-6-8-14(9-7-13)17(20)21/h1-9H,10-11H2. The van der Waals surface area contributed by atoms with Crippen molar-refractivity contribution >= 4 is 17.6 Å². The summed E-state index contributed by atoms with van der Waals surface area (Å²) in [7, 11) is 0. The smallest absolute Gasteiger partial charge is 0.417 e. The number of ether oxygens (including phenoxy) is 2. The molecule has 2 rings (SSSR count). The Morgan fingerprint density at radius 2 is 1.30 bits per heavy atom. The van der Waals surface area contributed by atoms with Crippen molar-refractivity contribution in [2.45, 2.75) is 13.2 Å². The molecule has 0 bridgehead atoms. The summed E-state index contributed by atoms with van der Waals surface area (Å²) in [5.74, 6) is -2.20. The summed E-state index contributed by atoms with van der Waals surface area (Å²) < 4.78 is 9.62. The molecular formula is C16H13NO6. The third-order valence-corrected chi connectivity index (χ3v) is 2.90. The molecule has 0 N–H and O–H groups in total. The Morgan fingerprint density at radius 1 is 0.826 bits per heavy atom. The molecule has 0 aliphatic carbocycles. The van der Waals surface area contributed by atoms with Crippen molar-refractivity contribution in [2.24, 2.45) is 0 Å². The van der Waals surface area contributed by atoms with Gasteiger partial charge in [-0.25, -0.2) is 9.59 Å². The van der Waals surface area contributed by atoms with E-state index in [-0.39, 0.29) is 18.9 Å². The number of carbonyl (C=O) groups excluding carboxylic acids is 2. The van der Waals surface area contributed by atoms with Crippen LogP contribution in [0.5, 0.6) is 0 Å². The minimum Gasteiger partial charge on any atom is -0.452 e. The molecule has 0 saturated heterocycles. The quantitative estimate of drug-likeness (QED) is 0.364. The largest absolute Gasteiger partial charge is 0.452 e. The number of esters is 2. The lowest BCUT2D eigenvalue weighted by Gasteiger charge is -2.06.